The Balaban J connectivity index is 1.80. The number of halogens is 1. The van der Waals surface area contributed by atoms with Gasteiger partial charge in [-0.1, -0.05) is 43.5 Å². The van der Waals surface area contributed by atoms with Gasteiger partial charge in [-0.3, -0.25) is 4.79 Å². The van der Waals surface area contributed by atoms with E-state index in [0.717, 1.165) is 24.3 Å². The van der Waals surface area contributed by atoms with Gasteiger partial charge in [-0.2, -0.15) is 0 Å². The van der Waals surface area contributed by atoms with Crippen LogP contribution in [0.15, 0.2) is 36.4 Å². The SMILES string of the molecule is CCCCCNc1ccc(NC(=O)Cc2ccc(Cl)cc2)nn1. The lowest BCUT2D eigenvalue weighted by atomic mass is 10.1. The highest BCUT2D eigenvalue weighted by atomic mass is 35.5. The number of aromatic nitrogens is 2. The zero-order chi connectivity index (χ0) is 16.5. The van der Waals surface area contributed by atoms with E-state index in [4.69, 9.17) is 11.6 Å². The first-order chi connectivity index (χ1) is 11.2. The Morgan fingerprint density at radius 2 is 1.74 bits per heavy atom. The van der Waals surface area contributed by atoms with Crippen molar-refractivity contribution in [2.24, 2.45) is 0 Å². The molecule has 0 unspecified atom stereocenters. The van der Waals surface area contributed by atoms with E-state index in [1.54, 1.807) is 18.2 Å². The van der Waals surface area contributed by atoms with E-state index in [1.807, 2.05) is 18.2 Å². The van der Waals surface area contributed by atoms with Gasteiger partial charge >= 0.3 is 0 Å². The van der Waals surface area contributed by atoms with Gasteiger partial charge in [0.25, 0.3) is 0 Å². The largest absolute Gasteiger partial charge is 0.369 e. The van der Waals surface area contributed by atoms with Crippen LogP contribution in [0.25, 0.3) is 0 Å². The maximum Gasteiger partial charge on any atom is 0.229 e. The highest BCUT2D eigenvalue weighted by Crippen LogP contribution is 2.11. The van der Waals surface area contributed by atoms with Gasteiger partial charge in [-0.05, 0) is 36.2 Å². The predicted octanol–water partition coefficient (Wildman–Crippen LogP) is 3.91. The molecule has 0 spiro atoms. The van der Waals surface area contributed by atoms with Crippen LogP contribution in [-0.4, -0.2) is 22.6 Å². The van der Waals surface area contributed by atoms with Gasteiger partial charge in [0.1, 0.15) is 5.82 Å². The fourth-order valence-corrected chi connectivity index (χ4v) is 2.19. The summed E-state index contributed by atoms with van der Waals surface area (Å²) in [6.45, 7) is 3.05. The van der Waals surface area contributed by atoms with Crippen molar-refractivity contribution < 1.29 is 4.79 Å². The number of hydrogen-bond donors (Lipinski definition) is 2. The van der Waals surface area contributed by atoms with Crippen molar-refractivity contribution in [1.29, 1.82) is 0 Å². The van der Waals surface area contributed by atoms with Crippen LogP contribution in [0, 0.1) is 0 Å². The summed E-state index contributed by atoms with van der Waals surface area (Å²) in [4.78, 5) is 12.0. The molecular weight excluding hydrogens is 312 g/mol. The molecule has 1 amide bonds. The van der Waals surface area contributed by atoms with E-state index in [1.165, 1.54) is 12.8 Å². The first kappa shape index (κ1) is 17.2. The third kappa shape index (κ3) is 6.24. The lowest BCUT2D eigenvalue weighted by Gasteiger charge is -2.06. The summed E-state index contributed by atoms with van der Waals surface area (Å²) >= 11 is 5.82. The van der Waals surface area contributed by atoms with Crippen molar-refractivity contribution >= 4 is 29.1 Å². The number of carbonyl (C=O) groups is 1. The molecule has 0 radical (unpaired) electrons. The molecule has 2 rings (SSSR count). The number of nitrogens with zero attached hydrogens (tertiary/aromatic N) is 2. The Labute approximate surface area is 141 Å². The molecule has 6 heteroatoms. The highest BCUT2D eigenvalue weighted by Gasteiger charge is 2.05. The summed E-state index contributed by atoms with van der Waals surface area (Å²) in [5, 5.41) is 14.7. The van der Waals surface area contributed by atoms with E-state index >= 15 is 0 Å². The molecule has 0 aliphatic carbocycles. The molecule has 0 atom stereocenters. The summed E-state index contributed by atoms with van der Waals surface area (Å²) in [5.74, 6) is 1.03. The first-order valence-corrected chi connectivity index (χ1v) is 8.17. The normalized spacial score (nSPS) is 10.3. The lowest BCUT2D eigenvalue weighted by molar-refractivity contribution is -0.115. The molecule has 0 aliphatic heterocycles. The Morgan fingerprint density at radius 1 is 1.04 bits per heavy atom. The van der Waals surface area contributed by atoms with Crippen LogP contribution in [0.1, 0.15) is 31.7 Å². The number of nitrogens with one attached hydrogen (secondary N) is 2. The number of hydrogen-bond acceptors (Lipinski definition) is 4. The number of rotatable bonds is 8. The molecule has 0 fully saturated rings. The fraction of sp³-hybridized carbons (Fsp3) is 0.353. The van der Waals surface area contributed by atoms with E-state index in [-0.39, 0.29) is 12.3 Å². The molecule has 0 bridgehead atoms. The van der Waals surface area contributed by atoms with E-state index in [0.29, 0.717) is 10.8 Å². The fourth-order valence-electron chi connectivity index (χ4n) is 2.06. The van der Waals surface area contributed by atoms with Crippen molar-refractivity contribution in [3.05, 3.63) is 47.0 Å². The first-order valence-electron chi connectivity index (χ1n) is 7.79. The smallest absolute Gasteiger partial charge is 0.229 e. The van der Waals surface area contributed by atoms with Crippen molar-refractivity contribution in [3.8, 4) is 0 Å². The standard InChI is InChI=1S/C17H21ClN4O/c1-2-3-4-11-19-15-9-10-16(22-21-15)20-17(23)12-13-5-7-14(18)8-6-13/h5-10H,2-4,11-12H2,1H3,(H,19,21)(H,20,22,23). The van der Waals surface area contributed by atoms with Crippen molar-refractivity contribution in [2.45, 2.75) is 32.6 Å². The quantitative estimate of drug-likeness (QED) is 0.719. The van der Waals surface area contributed by atoms with Gasteiger partial charge in [-0.25, -0.2) is 0 Å². The summed E-state index contributed by atoms with van der Waals surface area (Å²) in [6.07, 6.45) is 3.76. The summed E-state index contributed by atoms with van der Waals surface area (Å²) in [5.41, 5.74) is 0.897. The molecule has 1 heterocycles. The van der Waals surface area contributed by atoms with Crippen LogP contribution in [0.5, 0.6) is 0 Å². The number of unbranched alkanes of at least 4 members (excludes halogenated alkanes) is 2. The van der Waals surface area contributed by atoms with Crippen LogP contribution in [-0.2, 0) is 11.2 Å². The van der Waals surface area contributed by atoms with Crippen LogP contribution >= 0.6 is 11.6 Å². The maximum absolute atomic E-state index is 12.0. The van der Waals surface area contributed by atoms with Gasteiger partial charge in [0, 0.05) is 11.6 Å². The Kier molecular flexibility index (Phi) is 6.81. The van der Waals surface area contributed by atoms with Crippen LogP contribution in [0.4, 0.5) is 11.6 Å². The maximum atomic E-state index is 12.0. The molecule has 2 N–H and O–H groups in total. The average Bonchev–Trinajstić information content (AvgIpc) is 2.55. The Hall–Kier alpha value is -2.14. The number of benzene rings is 1. The van der Waals surface area contributed by atoms with E-state index < -0.39 is 0 Å². The monoisotopic (exact) mass is 332 g/mol. The third-order valence-electron chi connectivity index (χ3n) is 3.30. The van der Waals surface area contributed by atoms with Crippen LogP contribution in [0.2, 0.25) is 5.02 Å². The molecule has 0 saturated heterocycles. The molecule has 1 aromatic carbocycles. The molecule has 0 aliphatic rings. The second-order valence-electron chi connectivity index (χ2n) is 5.29. The van der Waals surface area contributed by atoms with Crippen LogP contribution < -0.4 is 10.6 Å². The van der Waals surface area contributed by atoms with Gasteiger partial charge in [0.15, 0.2) is 5.82 Å². The second kappa shape index (κ2) is 9.10. The van der Waals surface area contributed by atoms with Gasteiger partial charge in [0.2, 0.25) is 5.91 Å². The summed E-state index contributed by atoms with van der Waals surface area (Å²) in [6, 6.07) is 10.8. The molecule has 1 aromatic heterocycles. The molecule has 0 saturated carbocycles. The molecular formula is C17H21ClN4O. The molecule has 23 heavy (non-hydrogen) atoms. The molecule has 122 valence electrons. The summed E-state index contributed by atoms with van der Waals surface area (Å²) < 4.78 is 0. The Bertz CT molecular complexity index is 613. The number of amides is 1. The topological polar surface area (TPSA) is 66.9 Å². The minimum Gasteiger partial charge on any atom is -0.369 e. The van der Waals surface area contributed by atoms with Crippen molar-refractivity contribution in [2.75, 3.05) is 17.2 Å². The third-order valence-corrected chi connectivity index (χ3v) is 3.55. The van der Waals surface area contributed by atoms with Crippen molar-refractivity contribution in [1.82, 2.24) is 10.2 Å². The van der Waals surface area contributed by atoms with Crippen molar-refractivity contribution in [3.63, 3.8) is 0 Å². The highest BCUT2D eigenvalue weighted by molar-refractivity contribution is 6.30. The number of anilines is 2. The number of carbonyl (C=O) groups excluding carboxylic acids is 1. The van der Waals surface area contributed by atoms with Gasteiger partial charge in [-0.15, -0.1) is 10.2 Å². The van der Waals surface area contributed by atoms with Gasteiger partial charge in [0.05, 0.1) is 6.42 Å². The second-order valence-corrected chi connectivity index (χ2v) is 5.73. The lowest BCUT2D eigenvalue weighted by Crippen LogP contribution is -2.16. The average molecular weight is 333 g/mol. The Morgan fingerprint density at radius 3 is 2.39 bits per heavy atom. The minimum atomic E-state index is -0.134. The molecule has 5 nitrogen and oxygen atoms in total. The zero-order valence-electron chi connectivity index (χ0n) is 13.2. The van der Waals surface area contributed by atoms with E-state index in [2.05, 4.69) is 27.8 Å². The predicted molar refractivity (Wildman–Crippen MR) is 93.8 cm³/mol. The van der Waals surface area contributed by atoms with E-state index in [9.17, 15) is 4.79 Å². The van der Waals surface area contributed by atoms with Crippen LogP contribution in [0.3, 0.4) is 0 Å². The zero-order valence-corrected chi connectivity index (χ0v) is 13.9. The minimum absolute atomic E-state index is 0.134. The van der Waals surface area contributed by atoms with Gasteiger partial charge < -0.3 is 10.6 Å². The molecule has 2 aromatic rings. The summed E-state index contributed by atoms with van der Waals surface area (Å²) in [7, 11) is 0.